The minimum Gasteiger partial charge on any atom is -0.483 e. The molecule has 0 aliphatic carbocycles. The Morgan fingerprint density at radius 3 is 2.62 bits per heavy atom. The van der Waals surface area contributed by atoms with Crippen molar-refractivity contribution in [3.05, 3.63) is 54.4 Å². The summed E-state index contributed by atoms with van der Waals surface area (Å²) in [6.45, 7) is 5.61. The number of benzene rings is 1. The number of thioether (sulfide) groups is 1. The van der Waals surface area contributed by atoms with E-state index in [1.807, 2.05) is 48.7 Å². The molecule has 4 aliphatic heterocycles. The fraction of sp³-hybridized carbons (Fsp3) is 0.636. The number of carbonyl (C=O) groups is 2. The third-order valence-electron chi connectivity index (χ3n) is 9.35. The van der Waals surface area contributed by atoms with Gasteiger partial charge < -0.3 is 40.5 Å². The number of carbonyl (C=O) groups excluding carboxylic acids is 1. The van der Waals surface area contributed by atoms with Crippen molar-refractivity contribution >= 4 is 24.1 Å². The van der Waals surface area contributed by atoms with Gasteiger partial charge in [-0.1, -0.05) is 49.4 Å². The number of fused-ring (bicyclic) bond motifs is 3. The Hall–Kier alpha value is -2.85. The quantitative estimate of drug-likeness (QED) is 0.193. The van der Waals surface area contributed by atoms with Crippen LogP contribution in [0.5, 0.6) is 0 Å². The van der Waals surface area contributed by atoms with Crippen LogP contribution in [-0.2, 0) is 19.1 Å². The first kappa shape index (κ1) is 35.5. The summed E-state index contributed by atoms with van der Waals surface area (Å²) in [5.74, 6) is 1.29. The van der Waals surface area contributed by atoms with Crippen LogP contribution in [0.3, 0.4) is 0 Å². The van der Waals surface area contributed by atoms with Gasteiger partial charge in [-0.3, -0.25) is 9.59 Å². The third kappa shape index (κ3) is 8.60. The second-order valence-electron chi connectivity index (χ2n) is 13.2. The van der Waals surface area contributed by atoms with Crippen molar-refractivity contribution in [2.45, 2.75) is 99.2 Å². The zero-order valence-electron chi connectivity index (χ0n) is 26.7. The molecule has 1 amide bonds. The molecule has 13 nitrogen and oxygen atoms in total. The average molecular weight is 674 g/mol. The molecule has 1 aromatic carbocycles. The smallest absolute Gasteiger partial charge is 0.290 e. The number of aliphatic hydroxyl groups is 3. The highest BCUT2D eigenvalue weighted by atomic mass is 32.2. The molecule has 0 radical (unpaired) electrons. The van der Waals surface area contributed by atoms with E-state index in [1.165, 1.54) is 11.8 Å². The van der Waals surface area contributed by atoms with Crippen LogP contribution in [0.2, 0.25) is 0 Å². The number of nitrogens with zero attached hydrogens (tertiary/aromatic N) is 3. The number of rotatable bonds is 6. The molecule has 0 unspecified atom stereocenters. The molecule has 47 heavy (non-hydrogen) atoms. The lowest BCUT2D eigenvalue weighted by Gasteiger charge is -2.44. The predicted octanol–water partition coefficient (Wildman–Crippen LogP) is 1.81. The maximum Gasteiger partial charge on any atom is 0.290 e. The predicted molar refractivity (Wildman–Crippen MR) is 175 cm³/mol. The zero-order valence-corrected chi connectivity index (χ0v) is 27.6. The molecule has 2 bridgehead atoms. The second kappa shape index (κ2) is 16.5. The molecule has 4 aliphatic rings. The van der Waals surface area contributed by atoms with Crippen LogP contribution >= 0.6 is 11.8 Å². The van der Waals surface area contributed by atoms with Gasteiger partial charge in [-0.2, -0.15) is 0 Å². The molecule has 258 valence electrons. The van der Waals surface area contributed by atoms with Gasteiger partial charge in [-0.05, 0) is 62.0 Å². The Morgan fingerprint density at radius 1 is 1.13 bits per heavy atom. The summed E-state index contributed by atoms with van der Waals surface area (Å²) in [4.78, 5) is 22.1. The topological polar surface area (TPSA) is 188 Å². The number of aromatic nitrogens is 3. The van der Waals surface area contributed by atoms with Crippen molar-refractivity contribution in [1.82, 2.24) is 25.6 Å². The largest absolute Gasteiger partial charge is 0.483 e. The van der Waals surface area contributed by atoms with Crippen LogP contribution in [0.25, 0.3) is 5.69 Å². The molecular formula is C33H47N5O8S. The normalized spacial score (nSPS) is 36.3. The van der Waals surface area contributed by atoms with Crippen LogP contribution in [0, 0.1) is 17.8 Å². The van der Waals surface area contributed by atoms with Crippen molar-refractivity contribution in [1.29, 1.82) is 0 Å². The van der Waals surface area contributed by atoms with E-state index in [2.05, 4.69) is 34.8 Å². The summed E-state index contributed by atoms with van der Waals surface area (Å²) in [6.07, 6.45) is 4.75. The van der Waals surface area contributed by atoms with Crippen molar-refractivity contribution < 1.29 is 39.5 Å². The molecule has 3 fully saturated rings. The number of aliphatic hydroxyl groups excluding tert-OH is 3. The maximum atomic E-state index is 13.7. The number of hydrogen-bond acceptors (Lipinski definition) is 11. The molecule has 0 saturated carbocycles. The first-order valence-electron chi connectivity index (χ1n) is 16.4. The number of nitrogens with one attached hydrogen (secondary N) is 2. The lowest BCUT2D eigenvalue weighted by atomic mass is 9.85. The molecule has 3 saturated heterocycles. The molecular weight excluding hydrogens is 626 g/mol. The number of para-hydroxylation sites is 1. The van der Waals surface area contributed by atoms with Gasteiger partial charge in [0.05, 0.1) is 35.0 Å². The van der Waals surface area contributed by atoms with Gasteiger partial charge in [0.25, 0.3) is 6.47 Å². The minimum atomic E-state index is -1.44. The van der Waals surface area contributed by atoms with Gasteiger partial charge >= 0.3 is 0 Å². The molecule has 14 heteroatoms. The van der Waals surface area contributed by atoms with Crippen LogP contribution in [-0.4, -0.2) is 109 Å². The first-order valence-corrected chi connectivity index (χ1v) is 17.3. The van der Waals surface area contributed by atoms with Crippen molar-refractivity contribution in [2.24, 2.45) is 17.8 Å². The Bertz CT molecular complexity index is 1330. The van der Waals surface area contributed by atoms with Crippen LogP contribution < -0.4 is 10.6 Å². The van der Waals surface area contributed by atoms with E-state index in [9.17, 15) is 20.1 Å². The SMILES string of the molecule is CC(C)C[C@@H]1CCO[C@@H]2[C@H](CN[C@@H]2C(=O)N[C@@H]2C/C=C\C[C@@H](c3cn(-c4ccccc4)nn3)S[C@H]3O[C@H]2[C@H](O)[C@H](O)[C@H]3O)C1.O=CO. The van der Waals surface area contributed by atoms with Crippen molar-refractivity contribution in [2.75, 3.05) is 13.2 Å². The number of allylic oxidation sites excluding steroid dienone is 1. The van der Waals surface area contributed by atoms with E-state index in [4.69, 9.17) is 19.4 Å². The van der Waals surface area contributed by atoms with Crippen molar-refractivity contribution in [3.8, 4) is 5.69 Å². The average Bonchev–Trinajstić information content (AvgIpc) is 3.66. The fourth-order valence-corrected chi connectivity index (χ4v) is 8.45. The number of amides is 1. The molecule has 11 atom stereocenters. The molecule has 1 aromatic heterocycles. The monoisotopic (exact) mass is 673 g/mol. The van der Waals surface area contributed by atoms with Crippen LogP contribution in [0.1, 0.15) is 56.9 Å². The summed E-state index contributed by atoms with van der Waals surface area (Å²) in [7, 11) is 0. The summed E-state index contributed by atoms with van der Waals surface area (Å²) in [5, 5.41) is 54.7. The highest BCUT2D eigenvalue weighted by Crippen LogP contribution is 2.41. The van der Waals surface area contributed by atoms with Crippen LogP contribution in [0.15, 0.2) is 48.7 Å². The van der Waals surface area contributed by atoms with Crippen LogP contribution in [0.4, 0.5) is 0 Å². The molecule has 2 aromatic rings. The maximum absolute atomic E-state index is 13.7. The van der Waals surface area contributed by atoms with E-state index < -0.39 is 41.9 Å². The molecule has 5 heterocycles. The highest BCUT2D eigenvalue weighted by molar-refractivity contribution is 8.00. The second-order valence-corrected chi connectivity index (χ2v) is 14.5. The molecule has 0 spiro atoms. The number of ether oxygens (including phenoxy) is 2. The minimum absolute atomic E-state index is 0.203. The fourth-order valence-electron chi connectivity index (χ4n) is 7.14. The van der Waals surface area contributed by atoms with E-state index in [1.54, 1.807) is 4.68 Å². The number of carboxylic acid groups (broad SMARTS) is 1. The lowest BCUT2D eigenvalue weighted by molar-refractivity contribution is -0.205. The van der Waals surface area contributed by atoms with Gasteiger partial charge in [-0.15, -0.1) is 16.9 Å². The Kier molecular flexibility index (Phi) is 12.5. The standard InChI is InChI=1S/C32H45N5O6S.CH2O2/c1-18(2)14-19-12-13-42-29-20(15-19)16-33-25(29)31(41)34-22-10-6-7-11-24(44-32-28(40)26(38)27(39)30(22)43-32)23-17-37(36-35-23)21-8-4-3-5-9-21;2-1-3/h3-9,17-20,22,24-30,32-33,38-40H,10-16H2,1-2H3,(H,34,41);1H,(H,2,3)/b7-6-;/t19-,20-,22+,24-,25-,26-,27+,28+,29+,30+,32+;/m0./s1. The van der Waals surface area contributed by atoms with Gasteiger partial charge in [0.15, 0.2) is 0 Å². The van der Waals surface area contributed by atoms with Crippen molar-refractivity contribution in [3.63, 3.8) is 0 Å². The highest BCUT2D eigenvalue weighted by Gasteiger charge is 2.49. The Morgan fingerprint density at radius 2 is 1.87 bits per heavy atom. The summed E-state index contributed by atoms with van der Waals surface area (Å²) in [6, 6.07) is 8.56. The van der Waals surface area contributed by atoms with E-state index in [-0.39, 0.29) is 29.7 Å². The third-order valence-corrected chi connectivity index (χ3v) is 10.8. The van der Waals surface area contributed by atoms with E-state index in [0.717, 1.165) is 31.5 Å². The Labute approximate surface area is 279 Å². The molecule has 6 N–H and O–H groups in total. The number of hydrogen-bond donors (Lipinski definition) is 6. The summed E-state index contributed by atoms with van der Waals surface area (Å²) >= 11 is 1.33. The first-order chi connectivity index (χ1) is 22.7. The van der Waals surface area contributed by atoms with E-state index in [0.29, 0.717) is 37.0 Å². The zero-order chi connectivity index (χ0) is 33.5. The van der Waals surface area contributed by atoms with Gasteiger partial charge in [-0.25, -0.2) is 4.68 Å². The summed E-state index contributed by atoms with van der Waals surface area (Å²) in [5.41, 5.74) is 0.738. The molecule has 6 rings (SSSR count). The van der Waals surface area contributed by atoms with E-state index >= 15 is 0 Å². The van der Waals surface area contributed by atoms with Gasteiger partial charge in [0.1, 0.15) is 35.9 Å². The van der Waals surface area contributed by atoms with Gasteiger partial charge in [0.2, 0.25) is 5.91 Å². The van der Waals surface area contributed by atoms with Gasteiger partial charge in [0, 0.05) is 13.2 Å². The lowest BCUT2D eigenvalue weighted by Crippen LogP contribution is -2.64. The Balaban J connectivity index is 0.00000139. The summed E-state index contributed by atoms with van der Waals surface area (Å²) < 4.78 is 14.3.